The third-order valence-electron chi connectivity index (χ3n) is 2.07. The highest BCUT2D eigenvalue weighted by Gasteiger charge is 2.07. The molecular formula is C11H7BrClN3S. The van der Waals surface area contributed by atoms with Gasteiger partial charge in [-0.25, -0.2) is 4.98 Å². The molecule has 0 amide bonds. The van der Waals surface area contributed by atoms with Gasteiger partial charge in [-0.2, -0.15) is 5.26 Å². The van der Waals surface area contributed by atoms with E-state index < -0.39 is 0 Å². The molecule has 0 aliphatic heterocycles. The molecule has 2 aromatic heterocycles. The van der Waals surface area contributed by atoms with Crippen LogP contribution in [0, 0.1) is 11.3 Å². The normalized spacial score (nSPS) is 9.94. The van der Waals surface area contributed by atoms with Gasteiger partial charge in [-0.05, 0) is 34.1 Å². The Morgan fingerprint density at radius 3 is 2.94 bits per heavy atom. The number of pyridine rings is 1. The average Bonchev–Trinajstić information content (AvgIpc) is 2.74. The van der Waals surface area contributed by atoms with Crippen LogP contribution in [0.25, 0.3) is 0 Å². The lowest BCUT2D eigenvalue weighted by Crippen LogP contribution is -2.01. The molecule has 17 heavy (non-hydrogen) atoms. The summed E-state index contributed by atoms with van der Waals surface area (Å²) in [6.45, 7) is 0.637. The van der Waals surface area contributed by atoms with Gasteiger partial charge in [0.15, 0.2) is 0 Å². The van der Waals surface area contributed by atoms with Gasteiger partial charge in [0, 0.05) is 11.1 Å². The molecule has 0 saturated carbocycles. The molecule has 2 heterocycles. The maximum absolute atomic E-state index is 8.84. The SMILES string of the molecule is N#Cc1ccnc(NCc2ccc(Br)s2)c1Cl. The first kappa shape index (κ1) is 12.4. The van der Waals surface area contributed by atoms with Crippen molar-refractivity contribution in [2.45, 2.75) is 6.54 Å². The van der Waals surface area contributed by atoms with Crippen LogP contribution in [0.2, 0.25) is 5.02 Å². The molecular weight excluding hydrogens is 322 g/mol. The second-order valence-corrected chi connectivity index (χ2v) is 6.12. The summed E-state index contributed by atoms with van der Waals surface area (Å²) in [6.07, 6.45) is 1.57. The second-order valence-electron chi connectivity index (χ2n) is 3.19. The fourth-order valence-electron chi connectivity index (χ4n) is 1.27. The number of hydrogen-bond acceptors (Lipinski definition) is 4. The Balaban J connectivity index is 2.12. The Labute approximate surface area is 116 Å². The summed E-state index contributed by atoms with van der Waals surface area (Å²) in [5, 5.41) is 12.3. The summed E-state index contributed by atoms with van der Waals surface area (Å²) in [5.74, 6) is 0.537. The van der Waals surface area contributed by atoms with Crippen molar-refractivity contribution in [1.29, 1.82) is 5.26 Å². The average molecular weight is 329 g/mol. The van der Waals surface area contributed by atoms with Gasteiger partial charge < -0.3 is 5.32 Å². The topological polar surface area (TPSA) is 48.7 Å². The maximum Gasteiger partial charge on any atom is 0.146 e. The van der Waals surface area contributed by atoms with E-state index in [2.05, 4.69) is 26.2 Å². The summed E-state index contributed by atoms with van der Waals surface area (Å²) in [7, 11) is 0. The molecule has 3 nitrogen and oxygen atoms in total. The van der Waals surface area contributed by atoms with E-state index in [-0.39, 0.29) is 0 Å². The van der Waals surface area contributed by atoms with Gasteiger partial charge in [0.2, 0.25) is 0 Å². The van der Waals surface area contributed by atoms with Crippen LogP contribution < -0.4 is 5.32 Å². The summed E-state index contributed by atoms with van der Waals surface area (Å²) >= 11 is 11.1. The predicted octanol–water partition coefficient (Wildman–Crippen LogP) is 4.04. The van der Waals surface area contributed by atoms with Crippen molar-refractivity contribution in [3.05, 3.63) is 43.6 Å². The van der Waals surface area contributed by atoms with Gasteiger partial charge in [-0.15, -0.1) is 11.3 Å². The van der Waals surface area contributed by atoms with E-state index in [0.717, 1.165) is 8.66 Å². The molecule has 86 valence electrons. The van der Waals surface area contributed by atoms with E-state index in [0.29, 0.717) is 22.9 Å². The quantitative estimate of drug-likeness (QED) is 0.925. The number of halogens is 2. The molecule has 0 bridgehead atoms. The van der Waals surface area contributed by atoms with E-state index in [1.807, 2.05) is 18.2 Å². The van der Waals surface area contributed by atoms with Crippen LogP contribution in [0.1, 0.15) is 10.4 Å². The summed E-state index contributed by atoms with van der Waals surface area (Å²) < 4.78 is 1.08. The zero-order valence-corrected chi connectivity index (χ0v) is 11.7. The van der Waals surface area contributed by atoms with Crippen LogP contribution in [-0.2, 0) is 6.54 Å². The zero-order valence-electron chi connectivity index (χ0n) is 8.58. The standard InChI is InChI=1S/C11H7BrClN3S/c12-9-2-1-8(17-9)6-16-11-10(13)7(5-14)3-4-15-11/h1-4H,6H2,(H,15,16). The first-order valence-corrected chi connectivity index (χ1v) is 6.72. The first-order chi connectivity index (χ1) is 8.20. The van der Waals surface area contributed by atoms with Crippen molar-refractivity contribution in [2.24, 2.45) is 0 Å². The molecule has 0 atom stereocenters. The highest BCUT2D eigenvalue weighted by molar-refractivity contribution is 9.11. The molecule has 2 aromatic rings. The van der Waals surface area contributed by atoms with Crippen molar-refractivity contribution in [1.82, 2.24) is 4.98 Å². The van der Waals surface area contributed by atoms with Gasteiger partial charge in [0.05, 0.1) is 15.9 Å². The molecule has 0 aromatic carbocycles. The smallest absolute Gasteiger partial charge is 0.146 e. The van der Waals surface area contributed by atoms with Crippen LogP contribution in [-0.4, -0.2) is 4.98 Å². The third kappa shape index (κ3) is 2.97. The van der Waals surface area contributed by atoms with Crippen LogP contribution in [0.4, 0.5) is 5.82 Å². The molecule has 0 spiro atoms. The number of thiophene rings is 1. The van der Waals surface area contributed by atoms with Gasteiger partial charge in [0.25, 0.3) is 0 Å². The Bertz CT molecular complexity index is 576. The highest BCUT2D eigenvalue weighted by Crippen LogP contribution is 2.26. The Morgan fingerprint density at radius 2 is 2.29 bits per heavy atom. The van der Waals surface area contributed by atoms with Gasteiger partial charge in [0.1, 0.15) is 16.9 Å². The molecule has 1 N–H and O–H groups in total. The fraction of sp³-hybridized carbons (Fsp3) is 0.0909. The largest absolute Gasteiger partial charge is 0.364 e. The van der Waals surface area contributed by atoms with E-state index >= 15 is 0 Å². The molecule has 6 heteroatoms. The Kier molecular flexibility index (Phi) is 4.00. The predicted molar refractivity (Wildman–Crippen MR) is 73.3 cm³/mol. The minimum Gasteiger partial charge on any atom is -0.364 e. The van der Waals surface area contributed by atoms with Crippen LogP contribution in [0.3, 0.4) is 0 Å². The molecule has 0 unspecified atom stereocenters. The highest BCUT2D eigenvalue weighted by atomic mass is 79.9. The molecule has 0 aliphatic rings. The van der Waals surface area contributed by atoms with E-state index in [1.54, 1.807) is 23.6 Å². The number of rotatable bonds is 3. The van der Waals surface area contributed by atoms with E-state index in [1.165, 1.54) is 0 Å². The second kappa shape index (κ2) is 5.50. The van der Waals surface area contributed by atoms with Crippen LogP contribution >= 0.6 is 38.9 Å². The van der Waals surface area contributed by atoms with Gasteiger partial charge in [-0.1, -0.05) is 11.6 Å². The molecule has 2 rings (SSSR count). The van der Waals surface area contributed by atoms with Crippen LogP contribution in [0.5, 0.6) is 0 Å². The monoisotopic (exact) mass is 327 g/mol. The van der Waals surface area contributed by atoms with Crippen molar-refractivity contribution in [3.8, 4) is 6.07 Å². The number of aromatic nitrogens is 1. The number of nitriles is 1. The Morgan fingerprint density at radius 1 is 1.47 bits per heavy atom. The molecule has 0 aliphatic carbocycles. The number of anilines is 1. The molecule has 0 radical (unpaired) electrons. The van der Waals surface area contributed by atoms with Crippen LogP contribution in [0.15, 0.2) is 28.2 Å². The summed E-state index contributed by atoms with van der Waals surface area (Å²) in [6, 6.07) is 7.62. The first-order valence-electron chi connectivity index (χ1n) is 4.73. The number of hydrogen-bond donors (Lipinski definition) is 1. The maximum atomic E-state index is 8.84. The number of nitrogens with zero attached hydrogens (tertiary/aromatic N) is 2. The molecule has 0 saturated heterocycles. The lowest BCUT2D eigenvalue weighted by molar-refractivity contribution is 1.14. The van der Waals surface area contributed by atoms with Crippen molar-refractivity contribution in [2.75, 3.05) is 5.32 Å². The zero-order chi connectivity index (χ0) is 12.3. The lowest BCUT2D eigenvalue weighted by Gasteiger charge is -2.06. The van der Waals surface area contributed by atoms with Crippen molar-refractivity contribution >= 4 is 44.7 Å². The van der Waals surface area contributed by atoms with E-state index in [9.17, 15) is 0 Å². The summed E-state index contributed by atoms with van der Waals surface area (Å²) in [4.78, 5) is 5.27. The third-order valence-corrected chi connectivity index (χ3v) is 4.07. The van der Waals surface area contributed by atoms with E-state index in [4.69, 9.17) is 16.9 Å². The molecule has 0 fully saturated rings. The van der Waals surface area contributed by atoms with Crippen molar-refractivity contribution in [3.63, 3.8) is 0 Å². The van der Waals surface area contributed by atoms with Gasteiger partial charge >= 0.3 is 0 Å². The lowest BCUT2D eigenvalue weighted by atomic mass is 10.3. The summed E-state index contributed by atoms with van der Waals surface area (Å²) in [5.41, 5.74) is 0.427. The van der Waals surface area contributed by atoms with Gasteiger partial charge in [-0.3, -0.25) is 0 Å². The fourth-order valence-corrected chi connectivity index (χ4v) is 2.91. The minimum atomic E-state index is 0.366. The Hall–Kier alpha value is -1.09. The van der Waals surface area contributed by atoms with Crippen molar-refractivity contribution < 1.29 is 0 Å². The minimum absolute atomic E-state index is 0.366. The number of nitrogens with one attached hydrogen (secondary N) is 1.